The van der Waals surface area contributed by atoms with Crippen LogP contribution in [0.5, 0.6) is 0 Å². The number of thiocarbonyl (C=S) groups is 1. The third-order valence-corrected chi connectivity index (χ3v) is 2.88. The minimum atomic E-state index is -0.652. The van der Waals surface area contributed by atoms with E-state index in [1.54, 1.807) is 13.8 Å². The van der Waals surface area contributed by atoms with Crippen LogP contribution in [0, 0.1) is 0 Å². The predicted octanol–water partition coefficient (Wildman–Crippen LogP) is -0.406. The number of nitrogens with two attached hydrogens (primary N) is 2. The van der Waals surface area contributed by atoms with Gasteiger partial charge in [-0.1, -0.05) is 11.6 Å². The topological polar surface area (TPSA) is 143 Å². The number of aromatic nitrogens is 2. The van der Waals surface area contributed by atoms with Crippen LogP contribution in [-0.4, -0.2) is 32.6 Å². The summed E-state index contributed by atoms with van der Waals surface area (Å²) in [6, 6.07) is 0. The number of hydrogen-bond donors (Lipinski definition) is 5. The highest BCUT2D eigenvalue weighted by atomic mass is 35.5. The second kappa shape index (κ2) is 5.30. The Morgan fingerprint density at radius 3 is 2.62 bits per heavy atom. The van der Waals surface area contributed by atoms with E-state index in [1.807, 2.05) is 0 Å². The first-order valence-corrected chi connectivity index (χ1v) is 6.55. The van der Waals surface area contributed by atoms with Crippen LogP contribution >= 0.6 is 23.8 Å². The molecule has 1 aliphatic heterocycles. The molecular weight excluding hydrogens is 316 g/mol. The first kappa shape index (κ1) is 15.2. The van der Waals surface area contributed by atoms with Crippen molar-refractivity contribution < 1.29 is 4.79 Å². The Hall–Kier alpha value is -2.20. The van der Waals surface area contributed by atoms with Crippen molar-refractivity contribution in [3.8, 4) is 0 Å². The first-order chi connectivity index (χ1) is 9.68. The maximum Gasteiger partial charge on any atom is 0.280 e. The van der Waals surface area contributed by atoms with Crippen molar-refractivity contribution in [2.24, 2.45) is 4.99 Å². The standard InChI is InChI=1S/C10H13ClN8OS/c1-10(2)18-8(17-9(21)19-10)16-7(20)3-5(12)15-6(13)4(11)14-3/h1-2H3,(H4,12,13,15)(H3,16,17,18,19,20,21). The van der Waals surface area contributed by atoms with E-state index in [2.05, 4.69) is 30.9 Å². The van der Waals surface area contributed by atoms with Crippen LogP contribution in [0.25, 0.3) is 0 Å². The highest BCUT2D eigenvalue weighted by Gasteiger charge is 2.26. The van der Waals surface area contributed by atoms with Gasteiger partial charge in [-0.2, -0.15) is 0 Å². The molecule has 2 heterocycles. The largest absolute Gasteiger partial charge is 0.382 e. The lowest BCUT2D eigenvalue weighted by atomic mass is 10.2. The number of carbonyl (C=O) groups excluding carboxylic acids is 1. The van der Waals surface area contributed by atoms with E-state index in [-0.39, 0.29) is 28.4 Å². The lowest BCUT2D eigenvalue weighted by Crippen LogP contribution is -2.58. The summed E-state index contributed by atoms with van der Waals surface area (Å²) in [6.07, 6.45) is 0. The van der Waals surface area contributed by atoms with Gasteiger partial charge in [0.2, 0.25) is 5.96 Å². The first-order valence-electron chi connectivity index (χ1n) is 5.77. The molecule has 112 valence electrons. The highest BCUT2D eigenvalue weighted by Crippen LogP contribution is 2.17. The fraction of sp³-hybridized carbons (Fsp3) is 0.300. The van der Waals surface area contributed by atoms with E-state index in [1.165, 1.54) is 0 Å². The number of nitrogens with one attached hydrogen (secondary N) is 3. The molecule has 0 atom stereocenters. The minimum Gasteiger partial charge on any atom is -0.382 e. The van der Waals surface area contributed by atoms with Crippen LogP contribution in [0.3, 0.4) is 0 Å². The molecule has 0 bridgehead atoms. The Morgan fingerprint density at radius 1 is 1.33 bits per heavy atom. The molecule has 21 heavy (non-hydrogen) atoms. The Kier molecular flexibility index (Phi) is 3.83. The number of halogens is 1. The Balaban J connectivity index is 2.25. The predicted molar refractivity (Wildman–Crippen MR) is 83.7 cm³/mol. The van der Waals surface area contributed by atoms with Crippen LogP contribution in [0.2, 0.25) is 5.15 Å². The zero-order chi connectivity index (χ0) is 15.8. The summed E-state index contributed by atoms with van der Waals surface area (Å²) < 4.78 is 0. The van der Waals surface area contributed by atoms with Gasteiger partial charge in [0.05, 0.1) is 0 Å². The van der Waals surface area contributed by atoms with E-state index in [0.717, 1.165) is 0 Å². The molecule has 7 N–H and O–H groups in total. The van der Waals surface area contributed by atoms with Gasteiger partial charge in [-0.3, -0.25) is 10.1 Å². The summed E-state index contributed by atoms with van der Waals surface area (Å²) in [7, 11) is 0. The molecule has 0 spiro atoms. The van der Waals surface area contributed by atoms with Crippen molar-refractivity contribution in [2.45, 2.75) is 19.5 Å². The molecule has 9 nitrogen and oxygen atoms in total. The van der Waals surface area contributed by atoms with Crippen molar-refractivity contribution in [3.05, 3.63) is 10.8 Å². The second-order valence-electron chi connectivity index (χ2n) is 4.69. The maximum atomic E-state index is 12.1. The lowest BCUT2D eigenvalue weighted by molar-refractivity contribution is 0.0971. The van der Waals surface area contributed by atoms with Gasteiger partial charge in [0.25, 0.3) is 5.91 Å². The molecule has 1 aliphatic rings. The number of guanidine groups is 1. The van der Waals surface area contributed by atoms with Crippen LogP contribution in [0.15, 0.2) is 4.99 Å². The molecule has 1 amide bonds. The molecule has 0 saturated heterocycles. The number of carbonyl (C=O) groups is 1. The molecule has 11 heteroatoms. The van der Waals surface area contributed by atoms with Crippen LogP contribution < -0.4 is 27.4 Å². The van der Waals surface area contributed by atoms with Gasteiger partial charge in [-0.15, -0.1) is 0 Å². The average Bonchev–Trinajstić information content (AvgIpc) is 2.30. The Bertz CT molecular complexity index is 659. The number of aliphatic imine (C=N–C) groups is 1. The molecule has 0 aliphatic carbocycles. The number of nitrogens with zero attached hydrogens (tertiary/aromatic N) is 3. The number of hydrogen-bond acceptors (Lipinski definition) is 7. The van der Waals surface area contributed by atoms with E-state index in [4.69, 9.17) is 35.3 Å². The quantitative estimate of drug-likeness (QED) is 0.438. The van der Waals surface area contributed by atoms with Gasteiger partial charge in [0.1, 0.15) is 5.66 Å². The van der Waals surface area contributed by atoms with Crippen LogP contribution in [0.1, 0.15) is 24.3 Å². The number of rotatable bonds is 1. The lowest BCUT2D eigenvalue weighted by Gasteiger charge is -2.30. The summed E-state index contributed by atoms with van der Waals surface area (Å²) in [5.41, 5.74) is 10.3. The molecular formula is C10H13ClN8OS. The highest BCUT2D eigenvalue weighted by molar-refractivity contribution is 7.80. The SMILES string of the molecule is CC1(C)N=C(NC(=O)c2nc(Cl)c(N)nc2N)NC(=S)N1. The van der Waals surface area contributed by atoms with Gasteiger partial charge < -0.3 is 22.1 Å². The fourth-order valence-electron chi connectivity index (χ4n) is 1.59. The molecule has 0 unspecified atom stereocenters. The summed E-state index contributed by atoms with van der Waals surface area (Å²) in [5, 5.41) is 8.35. The molecule has 0 saturated carbocycles. The van der Waals surface area contributed by atoms with E-state index >= 15 is 0 Å². The van der Waals surface area contributed by atoms with E-state index < -0.39 is 11.6 Å². The monoisotopic (exact) mass is 328 g/mol. The van der Waals surface area contributed by atoms with Crippen LogP contribution in [0.4, 0.5) is 11.6 Å². The maximum absolute atomic E-state index is 12.1. The van der Waals surface area contributed by atoms with Gasteiger partial charge in [0, 0.05) is 0 Å². The number of amides is 1. The molecule has 1 aromatic heterocycles. The zero-order valence-electron chi connectivity index (χ0n) is 11.2. The molecule has 2 rings (SSSR count). The summed E-state index contributed by atoms with van der Waals surface area (Å²) in [6.45, 7) is 3.58. The summed E-state index contributed by atoms with van der Waals surface area (Å²) in [5.74, 6) is -0.646. The summed E-state index contributed by atoms with van der Waals surface area (Å²) in [4.78, 5) is 23.9. The van der Waals surface area contributed by atoms with Crippen molar-refractivity contribution in [2.75, 3.05) is 11.5 Å². The smallest absolute Gasteiger partial charge is 0.280 e. The third kappa shape index (κ3) is 3.47. The molecule has 0 fully saturated rings. The van der Waals surface area contributed by atoms with Gasteiger partial charge in [-0.25, -0.2) is 15.0 Å². The van der Waals surface area contributed by atoms with Gasteiger partial charge >= 0.3 is 0 Å². The van der Waals surface area contributed by atoms with Crippen molar-refractivity contribution in [3.63, 3.8) is 0 Å². The third-order valence-electron chi connectivity index (χ3n) is 2.39. The van der Waals surface area contributed by atoms with E-state index in [9.17, 15) is 4.79 Å². The summed E-state index contributed by atoms with van der Waals surface area (Å²) >= 11 is 10.8. The normalized spacial score (nSPS) is 16.5. The minimum absolute atomic E-state index is 0.0506. The van der Waals surface area contributed by atoms with Crippen molar-refractivity contribution >= 4 is 52.4 Å². The Labute approximate surface area is 130 Å². The van der Waals surface area contributed by atoms with Crippen LogP contribution in [-0.2, 0) is 0 Å². The van der Waals surface area contributed by atoms with Crippen molar-refractivity contribution in [1.29, 1.82) is 0 Å². The second-order valence-corrected chi connectivity index (χ2v) is 5.45. The average molecular weight is 329 g/mol. The molecule has 0 radical (unpaired) electrons. The number of nitrogen functional groups attached to an aromatic ring is 2. The fourth-order valence-corrected chi connectivity index (χ4v) is 2.06. The number of anilines is 2. The zero-order valence-corrected chi connectivity index (χ0v) is 12.8. The molecule has 1 aromatic rings. The van der Waals surface area contributed by atoms with E-state index in [0.29, 0.717) is 5.11 Å². The molecule has 0 aromatic carbocycles. The Morgan fingerprint density at radius 2 is 2.00 bits per heavy atom. The van der Waals surface area contributed by atoms with Gasteiger partial charge in [-0.05, 0) is 26.1 Å². The van der Waals surface area contributed by atoms with Gasteiger partial charge in [0.15, 0.2) is 27.6 Å². The van der Waals surface area contributed by atoms with Crippen molar-refractivity contribution in [1.82, 2.24) is 25.9 Å².